The zero-order valence-electron chi connectivity index (χ0n) is 8.88. The van der Waals surface area contributed by atoms with E-state index in [9.17, 15) is 13.2 Å². The van der Waals surface area contributed by atoms with Crippen LogP contribution < -0.4 is 4.74 Å². The average Bonchev–Trinajstić information content (AvgIpc) is 2.80. The fraction of sp³-hybridized carbons (Fsp3) is 0.182. The van der Waals surface area contributed by atoms with Crippen molar-refractivity contribution in [1.29, 1.82) is 0 Å². The summed E-state index contributed by atoms with van der Waals surface area (Å²) in [7, 11) is 1.21. The quantitative estimate of drug-likeness (QED) is 0.878. The Morgan fingerprint density at radius 1 is 1.24 bits per heavy atom. The fourth-order valence-corrected chi connectivity index (χ4v) is 1.52. The van der Waals surface area contributed by atoms with Crippen LogP contribution in [0.3, 0.4) is 0 Å². The number of benzene rings is 1. The number of nitrogens with one attached hydrogen (secondary N) is 1. The molecule has 0 fully saturated rings. The molecule has 0 saturated carbocycles. The highest BCUT2D eigenvalue weighted by Crippen LogP contribution is 2.38. The lowest BCUT2D eigenvalue weighted by atomic mass is 10.1. The number of ether oxygens (including phenoxy) is 1. The van der Waals surface area contributed by atoms with Crippen molar-refractivity contribution in [1.82, 2.24) is 10.2 Å². The maximum Gasteiger partial charge on any atom is 0.419 e. The predicted octanol–water partition coefficient (Wildman–Crippen LogP) is 3.10. The normalized spacial score (nSPS) is 11.5. The molecular formula is C11H9F3N2O. The molecular weight excluding hydrogens is 233 g/mol. The molecule has 90 valence electrons. The topological polar surface area (TPSA) is 37.9 Å². The summed E-state index contributed by atoms with van der Waals surface area (Å²) in [5, 5.41) is 6.25. The summed E-state index contributed by atoms with van der Waals surface area (Å²) >= 11 is 0. The van der Waals surface area contributed by atoms with Crippen LogP contribution in [0.5, 0.6) is 5.75 Å². The molecule has 17 heavy (non-hydrogen) atoms. The average molecular weight is 242 g/mol. The second-order valence-corrected chi connectivity index (χ2v) is 3.40. The second-order valence-electron chi connectivity index (χ2n) is 3.40. The Morgan fingerprint density at radius 2 is 2.00 bits per heavy atom. The van der Waals surface area contributed by atoms with Gasteiger partial charge in [-0.25, -0.2) is 0 Å². The molecule has 1 N–H and O–H groups in total. The molecule has 0 aliphatic carbocycles. The third-order valence-electron chi connectivity index (χ3n) is 2.34. The summed E-state index contributed by atoms with van der Waals surface area (Å²) in [6.45, 7) is 0. The number of hydrogen-bond acceptors (Lipinski definition) is 2. The first-order valence-corrected chi connectivity index (χ1v) is 4.77. The van der Waals surface area contributed by atoms with E-state index in [1.807, 2.05) is 0 Å². The maximum absolute atomic E-state index is 12.8. The van der Waals surface area contributed by atoms with Gasteiger partial charge < -0.3 is 4.74 Å². The van der Waals surface area contributed by atoms with Gasteiger partial charge in [-0.15, -0.1) is 0 Å². The molecule has 0 unspecified atom stereocenters. The van der Waals surface area contributed by atoms with Gasteiger partial charge in [-0.05, 0) is 17.7 Å². The number of H-pyrrole nitrogens is 1. The number of methoxy groups -OCH3 is 1. The van der Waals surface area contributed by atoms with Gasteiger partial charge >= 0.3 is 6.18 Å². The van der Waals surface area contributed by atoms with Gasteiger partial charge in [0.1, 0.15) is 5.75 Å². The summed E-state index contributed by atoms with van der Waals surface area (Å²) in [5.74, 6) is -0.190. The number of halogens is 3. The van der Waals surface area contributed by atoms with E-state index in [4.69, 9.17) is 4.74 Å². The lowest BCUT2D eigenvalue weighted by Crippen LogP contribution is -2.07. The Labute approximate surface area is 95.2 Å². The Balaban J connectivity index is 2.53. The molecule has 1 aromatic heterocycles. The van der Waals surface area contributed by atoms with E-state index in [0.717, 1.165) is 6.07 Å². The van der Waals surface area contributed by atoms with E-state index in [2.05, 4.69) is 10.2 Å². The Bertz CT molecular complexity index is 506. The highest BCUT2D eigenvalue weighted by Gasteiger charge is 2.34. The van der Waals surface area contributed by atoms with Crippen LogP contribution in [0.4, 0.5) is 13.2 Å². The van der Waals surface area contributed by atoms with Crippen LogP contribution >= 0.6 is 0 Å². The van der Waals surface area contributed by atoms with Gasteiger partial charge in [0.2, 0.25) is 0 Å². The van der Waals surface area contributed by atoms with Crippen molar-refractivity contribution >= 4 is 0 Å². The molecule has 2 rings (SSSR count). The number of aromatic nitrogens is 2. The molecule has 6 heteroatoms. The van der Waals surface area contributed by atoms with Crippen molar-refractivity contribution in [2.45, 2.75) is 6.18 Å². The fourth-order valence-electron chi connectivity index (χ4n) is 1.52. The van der Waals surface area contributed by atoms with Crippen molar-refractivity contribution in [3.8, 4) is 16.9 Å². The molecule has 1 heterocycles. The molecule has 0 amide bonds. The Hall–Kier alpha value is -1.98. The molecule has 0 bridgehead atoms. The minimum Gasteiger partial charge on any atom is -0.496 e. The van der Waals surface area contributed by atoms with Crippen molar-refractivity contribution in [2.24, 2.45) is 0 Å². The van der Waals surface area contributed by atoms with Gasteiger partial charge in [-0.3, -0.25) is 5.10 Å². The molecule has 1 aromatic carbocycles. The minimum atomic E-state index is -4.44. The summed E-state index contributed by atoms with van der Waals surface area (Å²) in [5.41, 5.74) is 0.240. The molecule has 3 nitrogen and oxygen atoms in total. The van der Waals surface area contributed by atoms with Crippen molar-refractivity contribution in [3.05, 3.63) is 36.2 Å². The Morgan fingerprint density at radius 3 is 2.53 bits per heavy atom. The van der Waals surface area contributed by atoms with Crippen LogP contribution in [0.1, 0.15) is 5.56 Å². The van der Waals surface area contributed by atoms with Crippen LogP contribution in [0.25, 0.3) is 11.1 Å². The monoisotopic (exact) mass is 242 g/mol. The van der Waals surface area contributed by atoms with E-state index in [1.165, 1.54) is 25.6 Å². The zero-order chi connectivity index (χ0) is 12.5. The molecule has 0 saturated heterocycles. The van der Waals surface area contributed by atoms with Crippen LogP contribution in [0, 0.1) is 0 Å². The van der Waals surface area contributed by atoms with Gasteiger partial charge in [0.05, 0.1) is 18.9 Å². The molecule has 2 aromatic rings. The van der Waals surface area contributed by atoms with Crippen LogP contribution in [-0.2, 0) is 6.18 Å². The van der Waals surface area contributed by atoms with E-state index < -0.39 is 11.7 Å². The summed E-state index contributed by atoms with van der Waals surface area (Å²) in [6, 6.07) is 3.90. The molecule has 0 aliphatic rings. The third-order valence-corrected chi connectivity index (χ3v) is 2.34. The Kier molecular flexibility index (Phi) is 2.79. The third kappa shape index (κ3) is 2.25. The minimum absolute atomic E-state index is 0.190. The highest BCUT2D eigenvalue weighted by molar-refractivity contribution is 5.64. The van der Waals surface area contributed by atoms with E-state index in [-0.39, 0.29) is 5.75 Å². The highest BCUT2D eigenvalue weighted by atomic mass is 19.4. The molecule has 0 atom stereocenters. The zero-order valence-corrected chi connectivity index (χ0v) is 8.88. The standard InChI is InChI=1S/C11H9F3N2O/c1-17-10-3-2-7(8-5-15-16-6-8)4-9(10)11(12,13)14/h2-6H,1H3,(H,15,16). The first kappa shape index (κ1) is 11.5. The van der Waals surface area contributed by atoms with E-state index >= 15 is 0 Å². The number of rotatable bonds is 2. The molecule has 0 radical (unpaired) electrons. The van der Waals surface area contributed by atoms with Gasteiger partial charge in [-0.1, -0.05) is 6.07 Å². The first-order valence-electron chi connectivity index (χ1n) is 4.77. The molecule has 0 spiro atoms. The number of aromatic amines is 1. The van der Waals surface area contributed by atoms with Gasteiger partial charge in [-0.2, -0.15) is 18.3 Å². The largest absolute Gasteiger partial charge is 0.496 e. The summed E-state index contributed by atoms with van der Waals surface area (Å²) in [4.78, 5) is 0. The van der Waals surface area contributed by atoms with Gasteiger partial charge in [0, 0.05) is 11.8 Å². The van der Waals surface area contributed by atoms with Crippen molar-refractivity contribution < 1.29 is 17.9 Å². The lowest BCUT2D eigenvalue weighted by molar-refractivity contribution is -0.138. The van der Waals surface area contributed by atoms with E-state index in [0.29, 0.717) is 11.1 Å². The van der Waals surface area contributed by atoms with Gasteiger partial charge in [0.15, 0.2) is 0 Å². The van der Waals surface area contributed by atoms with E-state index in [1.54, 1.807) is 6.07 Å². The maximum atomic E-state index is 12.8. The number of alkyl halides is 3. The summed E-state index contributed by atoms with van der Waals surface area (Å²) < 4.78 is 43.0. The smallest absolute Gasteiger partial charge is 0.419 e. The SMILES string of the molecule is COc1ccc(-c2cn[nH]c2)cc1C(F)(F)F. The number of hydrogen-bond donors (Lipinski definition) is 1. The second kappa shape index (κ2) is 4.12. The predicted molar refractivity (Wildman–Crippen MR) is 55.6 cm³/mol. The number of nitrogens with zero attached hydrogens (tertiary/aromatic N) is 1. The van der Waals surface area contributed by atoms with Crippen LogP contribution in [-0.4, -0.2) is 17.3 Å². The first-order chi connectivity index (χ1) is 8.02. The lowest BCUT2D eigenvalue weighted by Gasteiger charge is -2.12. The van der Waals surface area contributed by atoms with Gasteiger partial charge in [0.25, 0.3) is 0 Å². The molecule has 0 aliphatic heterocycles. The van der Waals surface area contributed by atoms with Crippen molar-refractivity contribution in [3.63, 3.8) is 0 Å². The van der Waals surface area contributed by atoms with Crippen LogP contribution in [0.2, 0.25) is 0 Å². The summed E-state index contributed by atoms with van der Waals surface area (Å²) in [6.07, 6.45) is -1.45. The van der Waals surface area contributed by atoms with Crippen LogP contribution in [0.15, 0.2) is 30.6 Å². The van der Waals surface area contributed by atoms with Crippen molar-refractivity contribution in [2.75, 3.05) is 7.11 Å².